The van der Waals surface area contributed by atoms with E-state index in [4.69, 9.17) is 0 Å². The highest BCUT2D eigenvalue weighted by atomic mass is 16.6. The van der Waals surface area contributed by atoms with E-state index in [-0.39, 0.29) is 29.4 Å². The van der Waals surface area contributed by atoms with Gasteiger partial charge < -0.3 is 15.3 Å². The highest BCUT2D eigenvalue weighted by Gasteiger charge is 2.20. The molecule has 1 aromatic carbocycles. The van der Waals surface area contributed by atoms with Crippen LogP contribution in [0.2, 0.25) is 0 Å². The molecule has 0 bridgehead atoms. The summed E-state index contributed by atoms with van der Waals surface area (Å²) in [5.74, 6) is -1.52. The average molecular weight is 295 g/mol. The zero-order valence-electron chi connectivity index (χ0n) is 11.8. The summed E-state index contributed by atoms with van der Waals surface area (Å²) in [5, 5.41) is 22.6. The first-order chi connectivity index (χ1) is 9.90. The van der Waals surface area contributed by atoms with Crippen molar-refractivity contribution in [2.45, 2.75) is 13.8 Å². The van der Waals surface area contributed by atoms with Gasteiger partial charge in [-0.05, 0) is 19.9 Å². The Hall–Kier alpha value is -2.64. The molecule has 1 rings (SSSR count). The molecule has 8 nitrogen and oxygen atoms in total. The Morgan fingerprint density at radius 3 is 2.52 bits per heavy atom. The number of hydrogen-bond donors (Lipinski definition) is 2. The van der Waals surface area contributed by atoms with E-state index >= 15 is 0 Å². The summed E-state index contributed by atoms with van der Waals surface area (Å²) in [5.41, 5.74) is -0.220. The second kappa shape index (κ2) is 7.22. The fraction of sp³-hybridized carbons (Fsp3) is 0.385. The van der Waals surface area contributed by atoms with E-state index in [2.05, 4.69) is 5.32 Å². The molecule has 0 unspecified atom stereocenters. The molecule has 0 aliphatic heterocycles. The number of carboxylic acid groups (broad SMARTS) is 1. The van der Waals surface area contributed by atoms with Crippen LogP contribution in [0.3, 0.4) is 0 Å². The first-order valence-electron chi connectivity index (χ1n) is 6.44. The fourth-order valence-electron chi connectivity index (χ4n) is 1.88. The second-order valence-electron chi connectivity index (χ2n) is 4.23. The zero-order chi connectivity index (χ0) is 16.0. The van der Waals surface area contributed by atoms with Crippen molar-refractivity contribution < 1.29 is 19.6 Å². The predicted octanol–water partition coefficient (Wildman–Crippen LogP) is 1.26. The molecule has 0 spiro atoms. The molecule has 8 heteroatoms. The van der Waals surface area contributed by atoms with Crippen molar-refractivity contribution in [3.63, 3.8) is 0 Å². The maximum atomic E-state index is 11.6. The summed E-state index contributed by atoms with van der Waals surface area (Å²) in [7, 11) is 0. The number of carbonyl (C=O) groups is 2. The molecule has 0 saturated heterocycles. The second-order valence-corrected chi connectivity index (χ2v) is 4.23. The van der Waals surface area contributed by atoms with Gasteiger partial charge in [-0.3, -0.25) is 14.9 Å². The van der Waals surface area contributed by atoms with Crippen molar-refractivity contribution in [2.75, 3.05) is 24.5 Å². The van der Waals surface area contributed by atoms with Crippen LogP contribution in [0.4, 0.5) is 11.4 Å². The van der Waals surface area contributed by atoms with Crippen LogP contribution < -0.4 is 10.2 Å². The summed E-state index contributed by atoms with van der Waals surface area (Å²) in [6, 6.07) is 3.57. The number of aromatic carboxylic acids is 1. The Labute approximate surface area is 121 Å². The predicted molar refractivity (Wildman–Crippen MR) is 76.6 cm³/mol. The Kier molecular flexibility index (Phi) is 5.65. The quantitative estimate of drug-likeness (QED) is 0.578. The highest BCUT2D eigenvalue weighted by molar-refractivity contribution is 5.96. The van der Waals surface area contributed by atoms with E-state index < -0.39 is 10.9 Å². The lowest BCUT2D eigenvalue weighted by atomic mass is 10.1. The third-order valence-corrected chi connectivity index (χ3v) is 2.85. The monoisotopic (exact) mass is 295 g/mol. The zero-order valence-corrected chi connectivity index (χ0v) is 11.8. The number of benzene rings is 1. The highest BCUT2D eigenvalue weighted by Crippen LogP contribution is 2.25. The lowest BCUT2D eigenvalue weighted by molar-refractivity contribution is -0.384. The Morgan fingerprint density at radius 1 is 1.38 bits per heavy atom. The van der Waals surface area contributed by atoms with Gasteiger partial charge in [-0.1, -0.05) is 0 Å². The molecule has 0 radical (unpaired) electrons. The number of carboxylic acids is 1. The number of nitrogens with zero attached hydrogens (tertiary/aromatic N) is 2. The molecule has 0 aliphatic rings. The smallest absolute Gasteiger partial charge is 0.338 e. The fourth-order valence-corrected chi connectivity index (χ4v) is 1.88. The van der Waals surface area contributed by atoms with E-state index in [1.165, 1.54) is 12.1 Å². The molecule has 1 aromatic rings. The minimum atomic E-state index is -1.27. The number of nitro groups is 1. The molecule has 0 saturated carbocycles. The normalized spacial score (nSPS) is 10.0. The lowest BCUT2D eigenvalue weighted by Gasteiger charge is -2.23. The summed E-state index contributed by atoms with van der Waals surface area (Å²) < 4.78 is 0. The van der Waals surface area contributed by atoms with Crippen molar-refractivity contribution in [1.82, 2.24) is 5.32 Å². The van der Waals surface area contributed by atoms with Gasteiger partial charge in [0.15, 0.2) is 0 Å². The van der Waals surface area contributed by atoms with Gasteiger partial charge in [-0.2, -0.15) is 0 Å². The molecule has 0 aliphatic carbocycles. The van der Waals surface area contributed by atoms with Crippen LogP contribution in [0.25, 0.3) is 0 Å². The maximum Gasteiger partial charge on any atom is 0.338 e. The van der Waals surface area contributed by atoms with Gasteiger partial charge in [0.1, 0.15) is 0 Å². The number of anilines is 1. The Bertz CT molecular complexity index is 559. The molecular formula is C13H17N3O5. The van der Waals surface area contributed by atoms with Crippen LogP contribution >= 0.6 is 0 Å². The van der Waals surface area contributed by atoms with Crippen LogP contribution in [-0.2, 0) is 4.79 Å². The Morgan fingerprint density at radius 2 is 2.05 bits per heavy atom. The molecule has 21 heavy (non-hydrogen) atoms. The van der Waals surface area contributed by atoms with Gasteiger partial charge in [-0.15, -0.1) is 0 Å². The van der Waals surface area contributed by atoms with Gasteiger partial charge in [0.25, 0.3) is 5.69 Å². The number of carbonyl (C=O) groups excluding carboxylic acids is 1. The van der Waals surface area contributed by atoms with Gasteiger partial charge in [-0.25, -0.2) is 4.79 Å². The molecule has 0 atom stereocenters. The van der Waals surface area contributed by atoms with Gasteiger partial charge in [0.2, 0.25) is 5.91 Å². The van der Waals surface area contributed by atoms with Crippen LogP contribution in [0.1, 0.15) is 24.2 Å². The van der Waals surface area contributed by atoms with Crippen LogP contribution in [-0.4, -0.2) is 41.5 Å². The molecule has 0 fully saturated rings. The molecule has 0 heterocycles. The summed E-state index contributed by atoms with van der Waals surface area (Å²) >= 11 is 0. The van der Waals surface area contributed by atoms with Crippen molar-refractivity contribution in [3.05, 3.63) is 33.9 Å². The first-order valence-corrected chi connectivity index (χ1v) is 6.44. The third kappa shape index (κ3) is 4.16. The SMILES string of the molecule is CCNC(=O)CN(CC)c1ccc([N+](=O)[O-])cc1C(=O)O. The van der Waals surface area contributed by atoms with Gasteiger partial charge in [0, 0.05) is 25.2 Å². The molecule has 1 amide bonds. The topological polar surface area (TPSA) is 113 Å². The minimum absolute atomic E-state index is 0.0115. The van der Waals surface area contributed by atoms with Crippen LogP contribution in [0, 0.1) is 10.1 Å². The minimum Gasteiger partial charge on any atom is -0.478 e. The number of rotatable bonds is 7. The average Bonchev–Trinajstić information content (AvgIpc) is 2.44. The molecule has 0 aromatic heterocycles. The number of likely N-dealkylation sites (N-methyl/N-ethyl adjacent to an activating group) is 2. The van der Waals surface area contributed by atoms with Crippen LogP contribution in [0.5, 0.6) is 0 Å². The van der Waals surface area contributed by atoms with Gasteiger partial charge in [0.05, 0.1) is 22.7 Å². The van der Waals surface area contributed by atoms with E-state index in [0.29, 0.717) is 13.1 Å². The first kappa shape index (κ1) is 16.4. The molecular weight excluding hydrogens is 278 g/mol. The number of hydrogen-bond acceptors (Lipinski definition) is 5. The van der Waals surface area contributed by atoms with E-state index in [1.54, 1.807) is 18.7 Å². The van der Waals surface area contributed by atoms with Crippen molar-refractivity contribution in [2.24, 2.45) is 0 Å². The summed E-state index contributed by atoms with van der Waals surface area (Å²) in [4.78, 5) is 34.5. The summed E-state index contributed by atoms with van der Waals surface area (Å²) in [6.07, 6.45) is 0. The summed E-state index contributed by atoms with van der Waals surface area (Å²) in [6.45, 7) is 4.41. The van der Waals surface area contributed by atoms with Crippen molar-refractivity contribution in [3.8, 4) is 0 Å². The standard InChI is InChI=1S/C13H17N3O5/c1-3-14-12(17)8-15(4-2)11-6-5-9(16(20)21)7-10(11)13(18)19/h5-7H,3-4,8H2,1-2H3,(H,14,17)(H,18,19). The van der Waals surface area contributed by atoms with Gasteiger partial charge >= 0.3 is 5.97 Å². The largest absolute Gasteiger partial charge is 0.478 e. The number of amides is 1. The van der Waals surface area contributed by atoms with E-state index in [1.807, 2.05) is 0 Å². The molecule has 2 N–H and O–H groups in total. The number of nitro benzene ring substituents is 1. The van der Waals surface area contributed by atoms with E-state index in [9.17, 15) is 24.8 Å². The number of non-ortho nitro benzene ring substituents is 1. The Balaban J connectivity index is 3.16. The van der Waals surface area contributed by atoms with Crippen LogP contribution in [0.15, 0.2) is 18.2 Å². The van der Waals surface area contributed by atoms with Crippen molar-refractivity contribution in [1.29, 1.82) is 0 Å². The lowest BCUT2D eigenvalue weighted by Crippen LogP contribution is -2.37. The third-order valence-electron chi connectivity index (χ3n) is 2.85. The molecule has 114 valence electrons. The van der Waals surface area contributed by atoms with E-state index in [0.717, 1.165) is 6.07 Å². The van der Waals surface area contributed by atoms with Crippen molar-refractivity contribution >= 4 is 23.3 Å². The maximum absolute atomic E-state index is 11.6. The number of nitrogens with one attached hydrogen (secondary N) is 1.